The van der Waals surface area contributed by atoms with Crippen molar-refractivity contribution in [2.75, 3.05) is 0 Å². The second kappa shape index (κ2) is 5.19. The number of nitrogens with two attached hydrogens (primary N) is 1. The molecular weight excluding hydrogens is 292 g/mol. The molecule has 100 valence electrons. The van der Waals surface area contributed by atoms with Crippen molar-refractivity contribution in [3.63, 3.8) is 0 Å². The molecule has 0 aliphatic carbocycles. The molecule has 6 heteroatoms. The number of rotatable bonds is 3. The van der Waals surface area contributed by atoms with E-state index in [1.54, 1.807) is 12.4 Å². The quantitative estimate of drug-likeness (QED) is 0.756. The van der Waals surface area contributed by atoms with E-state index in [2.05, 4.69) is 9.97 Å². The van der Waals surface area contributed by atoms with Crippen LogP contribution < -0.4 is 5.73 Å². The van der Waals surface area contributed by atoms with Crippen LogP contribution in [0, 0.1) is 0 Å². The lowest BCUT2D eigenvalue weighted by Crippen LogP contribution is -2.13. The number of hydrogen-bond acceptors (Lipinski definition) is 3. The third kappa shape index (κ3) is 2.26. The summed E-state index contributed by atoms with van der Waals surface area (Å²) in [5.41, 5.74) is 9.13. The van der Waals surface area contributed by atoms with Crippen molar-refractivity contribution < 1.29 is 0 Å². The van der Waals surface area contributed by atoms with E-state index >= 15 is 0 Å². The molecule has 0 radical (unpaired) electrons. The van der Waals surface area contributed by atoms with E-state index in [1.165, 1.54) is 0 Å². The average molecular weight is 303 g/mol. The number of thiocarbonyl (C=S) groups is 1. The van der Waals surface area contributed by atoms with Crippen LogP contribution in [0.1, 0.15) is 5.69 Å². The summed E-state index contributed by atoms with van der Waals surface area (Å²) in [6.45, 7) is 0. The summed E-state index contributed by atoms with van der Waals surface area (Å²) in [7, 11) is 0. The standard InChI is InChI=1S/C14H11ClN4S/c15-10-2-1-7-19-11(8-12(16)20)13(18-14(10)19)9-3-5-17-6-4-9/h1-7H,8H2,(H2,16,20). The maximum Gasteiger partial charge on any atom is 0.156 e. The maximum absolute atomic E-state index is 6.21. The first kappa shape index (κ1) is 13.0. The molecule has 0 unspecified atom stereocenters. The van der Waals surface area contributed by atoms with E-state index in [1.807, 2.05) is 34.9 Å². The van der Waals surface area contributed by atoms with Crippen LogP contribution >= 0.6 is 23.8 Å². The van der Waals surface area contributed by atoms with Gasteiger partial charge in [0.2, 0.25) is 0 Å². The highest BCUT2D eigenvalue weighted by Crippen LogP contribution is 2.27. The summed E-state index contributed by atoms with van der Waals surface area (Å²) >= 11 is 11.2. The van der Waals surface area contributed by atoms with Crippen LogP contribution in [0.5, 0.6) is 0 Å². The highest BCUT2D eigenvalue weighted by molar-refractivity contribution is 7.80. The van der Waals surface area contributed by atoms with E-state index in [0.29, 0.717) is 22.1 Å². The normalized spacial score (nSPS) is 10.8. The van der Waals surface area contributed by atoms with Crippen LogP contribution in [0.15, 0.2) is 42.9 Å². The fraction of sp³-hybridized carbons (Fsp3) is 0.0714. The van der Waals surface area contributed by atoms with Crippen molar-refractivity contribution in [2.45, 2.75) is 6.42 Å². The van der Waals surface area contributed by atoms with Gasteiger partial charge in [-0.2, -0.15) is 0 Å². The molecule has 0 spiro atoms. The molecule has 3 aromatic rings. The van der Waals surface area contributed by atoms with Crippen molar-refractivity contribution in [2.24, 2.45) is 5.73 Å². The van der Waals surface area contributed by atoms with Crippen LogP contribution in [-0.2, 0) is 6.42 Å². The lowest BCUT2D eigenvalue weighted by atomic mass is 10.1. The van der Waals surface area contributed by atoms with Gasteiger partial charge < -0.3 is 10.1 Å². The third-order valence-electron chi connectivity index (χ3n) is 3.00. The number of pyridine rings is 2. The van der Waals surface area contributed by atoms with Gasteiger partial charge in [-0.25, -0.2) is 4.98 Å². The zero-order chi connectivity index (χ0) is 14.1. The Balaban J connectivity index is 2.30. The van der Waals surface area contributed by atoms with E-state index < -0.39 is 0 Å². The Kier molecular flexibility index (Phi) is 3.38. The topological polar surface area (TPSA) is 56.2 Å². The Labute approximate surface area is 126 Å². The molecule has 3 rings (SSSR count). The summed E-state index contributed by atoms with van der Waals surface area (Å²) in [4.78, 5) is 9.06. The van der Waals surface area contributed by atoms with Crippen LogP contribution in [0.2, 0.25) is 5.02 Å². The number of halogens is 1. The van der Waals surface area contributed by atoms with E-state index in [9.17, 15) is 0 Å². The van der Waals surface area contributed by atoms with Crippen LogP contribution in [0.4, 0.5) is 0 Å². The van der Waals surface area contributed by atoms with Gasteiger partial charge >= 0.3 is 0 Å². The van der Waals surface area contributed by atoms with Gasteiger partial charge in [-0.15, -0.1) is 0 Å². The number of fused-ring (bicyclic) bond motifs is 1. The maximum atomic E-state index is 6.21. The molecule has 3 aromatic heterocycles. The molecule has 0 saturated carbocycles. The lowest BCUT2D eigenvalue weighted by Gasteiger charge is -2.04. The molecule has 0 atom stereocenters. The average Bonchev–Trinajstić information content (AvgIpc) is 2.80. The summed E-state index contributed by atoms with van der Waals surface area (Å²) in [6.07, 6.45) is 5.83. The largest absolute Gasteiger partial charge is 0.393 e. The van der Waals surface area contributed by atoms with Crippen molar-refractivity contribution in [3.8, 4) is 11.3 Å². The van der Waals surface area contributed by atoms with Gasteiger partial charge in [0.1, 0.15) is 0 Å². The highest BCUT2D eigenvalue weighted by atomic mass is 35.5. The summed E-state index contributed by atoms with van der Waals surface area (Å²) in [5, 5.41) is 0.594. The summed E-state index contributed by atoms with van der Waals surface area (Å²) < 4.78 is 1.93. The molecule has 4 nitrogen and oxygen atoms in total. The second-order valence-electron chi connectivity index (χ2n) is 4.34. The lowest BCUT2D eigenvalue weighted by molar-refractivity contribution is 1.07. The minimum atomic E-state index is 0.419. The zero-order valence-corrected chi connectivity index (χ0v) is 12.0. The predicted molar refractivity (Wildman–Crippen MR) is 83.9 cm³/mol. The monoisotopic (exact) mass is 302 g/mol. The van der Waals surface area contributed by atoms with Gasteiger partial charge in [-0.05, 0) is 24.3 Å². The molecule has 0 aliphatic heterocycles. The van der Waals surface area contributed by atoms with E-state index in [0.717, 1.165) is 17.0 Å². The third-order valence-corrected chi connectivity index (χ3v) is 3.44. The number of hydrogen-bond donors (Lipinski definition) is 1. The molecular formula is C14H11ClN4S. The molecule has 0 amide bonds. The fourth-order valence-electron chi connectivity index (χ4n) is 2.16. The van der Waals surface area contributed by atoms with Crippen molar-refractivity contribution in [1.29, 1.82) is 0 Å². The van der Waals surface area contributed by atoms with Crippen molar-refractivity contribution >= 4 is 34.5 Å². The van der Waals surface area contributed by atoms with Crippen LogP contribution in [-0.4, -0.2) is 19.4 Å². The number of imidazole rings is 1. The number of nitrogens with zero attached hydrogens (tertiary/aromatic N) is 3. The highest BCUT2D eigenvalue weighted by Gasteiger charge is 2.16. The Hall–Kier alpha value is -1.98. The van der Waals surface area contributed by atoms with Gasteiger partial charge in [-0.1, -0.05) is 23.8 Å². The molecule has 20 heavy (non-hydrogen) atoms. The Morgan fingerprint density at radius 3 is 2.75 bits per heavy atom. The Morgan fingerprint density at radius 2 is 2.05 bits per heavy atom. The molecule has 0 fully saturated rings. The molecule has 0 saturated heterocycles. The van der Waals surface area contributed by atoms with Gasteiger partial charge in [0.15, 0.2) is 5.65 Å². The molecule has 2 N–H and O–H groups in total. The first-order chi connectivity index (χ1) is 9.66. The Morgan fingerprint density at radius 1 is 1.30 bits per heavy atom. The minimum absolute atomic E-state index is 0.419. The summed E-state index contributed by atoms with van der Waals surface area (Å²) in [6, 6.07) is 7.48. The summed E-state index contributed by atoms with van der Waals surface area (Å²) in [5.74, 6) is 0. The molecule has 3 heterocycles. The zero-order valence-electron chi connectivity index (χ0n) is 10.5. The second-order valence-corrected chi connectivity index (χ2v) is 5.27. The first-order valence-electron chi connectivity index (χ1n) is 6.01. The SMILES string of the molecule is NC(=S)Cc1c(-c2ccncc2)nc2c(Cl)cccn12. The molecule has 0 aromatic carbocycles. The van der Waals surface area contributed by atoms with E-state index in [-0.39, 0.29) is 0 Å². The predicted octanol–water partition coefficient (Wildman–Crippen LogP) is 2.88. The Bertz CT molecular complexity index is 782. The molecule has 0 aliphatic rings. The van der Waals surface area contributed by atoms with Crippen LogP contribution in [0.3, 0.4) is 0 Å². The van der Waals surface area contributed by atoms with Crippen molar-refractivity contribution in [1.82, 2.24) is 14.4 Å². The van der Waals surface area contributed by atoms with Gasteiger partial charge in [0, 0.05) is 30.6 Å². The number of aromatic nitrogens is 3. The van der Waals surface area contributed by atoms with Crippen molar-refractivity contribution in [3.05, 3.63) is 53.6 Å². The van der Waals surface area contributed by atoms with E-state index in [4.69, 9.17) is 29.6 Å². The van der Waals surface area contributed by atoms with Gasteiger partial charge in [-0.3, -0.25) is 4.98 Å². The van der Waals surface area contributed by atoms with Crippen LogP contribution in [0.25, 0.3) is 16.9 Å². The van der Waals surface area contributed by atoms with Gasteiger partial charge in [0.05, 0.1) is 21.4 Å². The minimum Gasteiger partial charge on any atom is -0.393 e. The molecule has 0 bridgehead atoms. The first-order valence-corrected chi connectivity index (χ1v) is 6.79. The fourth-order valence-corrected chi connectivity index (χ4v) is 2.50. The van der Waals surface area contributed by atoms with Gasteiger partial charge in [0.25, 0.3) is 0 Å². The smallest absolute Gasteiger partial charge is 0.156 e.